The molecule has 0 bridgehead atoms. The molecule has 0 unspecified atom stereocenters. The van der Waals surface area contributed by atoms with Crippen LogP contribution >= 0.6 is 0 Å². The molecular weight excluding hydrogens is 328 g/mol. The lowest BCUT2D eigenvalue weighted by Gasteiger charge is -2.14. The van der Waals surface area contributed by atoms with E-state index in [-0.39, 0.29) is 0 Å². The molecule has 1 aromatic heterocycles. The van der Waals surface area contributed by atoms with Crippen LogP contribution in [0.2, 0.25) is 0 Å². The van der Waals surface area contributed by atoms with Gasteiger partial charge in [-0.1, -0.05) is 0 Å². The van der Waals surface area contributed by atoms with E-state index in [0.29, 0.717) is 24.7 Å². The molecule has 2 N–H and O–H groups in total. The van der Waals surface area contributed by atoms with E-state index >= 15 is 0 Å². The topological polar surface area (TPSA) is 67.8 Å². The first-order chi connectivity index (χ1) is 12.7. The molecule has 0 radical (unpaired) electrons. The van der Waals surface area contributed by atoms with Crippen molar-refractivity contribution in [3.63, 3.8) is 0 Å². The zero-order valence-corrected chi connectivity index (χ0v) is 16.0. The second kappa shape index (κ2) is 10.3. The lowest BCUT2D eigenvalue weighted by molar-refractivity contribution is 0.311. The summed E-state index contributed by atoms with van der Waals surface area (Å²) in [5.41, 5.74) is 3.36. The Hall–Kier alpha value is -2.76. The summed E-state index contributed by atoms with van der Waals surface area (Å²) in [4.78, 5) is 8.79. The minimum absolute atomic E-state index is 0.583. The number of pyridine rings is 1. The van der Waals surface area contributed by atoms with Crippen LogP contribution in [0.5, 0.6) is 11.5 Å². The summed E-state index contributed by atoms with van der Waals surface area (Å²) in [6, 6.07) is 7.80. The monoisotopic (exact) mass is 356 g/mol. The normalized spacial score (nSPS) is 11.2. The van der Waals surface area contributed by atoms with E-state index in [4.69, 9.17) is 9.47 Å². The van der Waals surface area contributed by atoms with Gasteiger partial charge in [0.05, 0.1) is 13.7 Å². The van der Waals surface area contributed by atoms with Crippen molar-refractivity contribution < 1.29 is 9.47 Å². The molecule has 0 fully saturated rings. The van der Waals surface area contributed by atoms with Gasteiger partial charge in [-0.25, -0.2) is 0 Å². The number of aromatic nitrogens is 1. The van der Waals surface area contributed by atoms with Gasteiger partial charge in [0, 0.05) is 37.2 Å². The number of benzene rings is 1. The van der Waals surface area contributed by atoms with Gasteiger partial charge in [0.2, 0.25) is 0 Å². The summed E-state index contributed by atoms with van der Waals surface area (Å²) in [6.45, 7) is 8.13. The molecule has 0 aliphatic carbocycles. The Morgan fingerprint density at radius 3 is 2.73 bits per heavy atom. The highest BCUT2D eigenvalue weighted by molar-refractivity contribution is 5.93. The van der Waals surface area contributed by atoms with Crippen LogP contribution in [0.3, 0.4) is 0 Å². The maximum Gasteiger partial charge on any atom is 0.195 e. The van der Waals surface area contributed by atoms with Gasteiger partial charge in [-0.2, -0.15) is 0 Å². The van der Waals surface area contributed by atoms with Gasteiger partial charge in [-0.05, 0) is 56.5 Å². The molecule has 1 heterocycles. The van der Waals surface area contributed by atoms with Crippen molar-refractivity contribution in [3.05, 3.63) is 47.8 Å². The van der Waals surface area contributed by atoms with Crippen molar-refractivity contribution in [2.45, 2.75) is 27.2 Å². The minimum atomic E-state index is 0.583. The number of methoxy groups -OCH3 is 1. The first kappa shape index (κ1) is 19.6. The maximum atomic E-state index is 5.63. The van der Waals surface area contributed by atoms with Crippen molar-refractivity contribution in [3.8, 4) is 11.5 Å². The SMILES string of the molecule is CCNC(=NCCc1ccncc1C)Nc1ccc(OC)c(OCC)c1. The first-order valence-corrected chi connectivity index (χ1v) is 8.93. The molecule has 0 saturated heterocycles. The average Bonchev–Trinajstić information content (AvgIpc) is 2.64. The molecule has 26 heavy (non-hydrogen) atoms. The molecule has 6 heteroatoms. The Labute approximate surface area is 155 Å². The van der Waals surface area contributed by atoms with Crippen LogP contribution in [0.25, 0.3) is 0 Å². The van der Waals surface area contributed by atoms with Gasteiger partial charge >= 0.3 is 0 Å². The Kier molecular flexibility index (Phi) is 7.74. The molecule has 0 spiro atoms. The Balaban J connectivity index is 2.07. The van der Waals surface area contributed by atoms with Gasteiger partial charge in [0.25, 0.3) is 0 Å². The van der Waals surface area contributed by atoms with Crippen LogP contribution in [0, 0.1) is 6.92 Å². The molecule has 0 amide bonds. The Morgan fingerprint density at radius 2 is 2.04 bits per heavy atom. The highest BCUT2D eigenvalue weighted by Crippen LogP contribution is 2.30. The zero-order valence-electron chi connectivity index (χ0n) is 16.0. The summed E-state index contributed by atoms with van der Waals surface area (Å²) in [5, 5.41) is 6.59. The highest BCUT2D eigenvalue weighted by Gasteiger charge is 2.07. The zero-order chi connectivity index (χ0) is 18.8. The third kappa shape index (κ3) is 5.65. The van der Waals surface area contributed by atoms with E-state index in [9.17, 15) is 0 Å². The third-order valence-corrected chi connectivity index (χ3v) is 3.86. The number of hydrogen-bond acceptors (Lipinski definition) is 4. The van der Waals surface area contributed by atoms with Gasteiger partial charge < -0.3 is 20.1 Å². The lowest BCUT2D eigenvalue weighted by Crippen LogP contribution is -2.31. The van der Waals surface area contributed by atoms with E-state index in [1.54, 1.807) is 7.11 Å². The number of nitrogens with one attached hydrogen (secondary N) is 2. The van der Waals surface area contributed by atoms with Gasteiger partial charge in [0.15, 0.2) is 17.5 Å². The predicted molar refractivity (Wildman–Crippen MR) is 106 cm³/mol. The van der Waals surface area contributed by atoms with Crippen LogP contribution in [0.4, 0.5) is 5.69 Å². The van der Waals surface area contributed by atoms with Crippen molar-refractivity contribution in [1.82, 2.24) is 10.3 Å². The molecule has 0 saturated carbocycles. The second-order valence-corrected chi connectivity index (χ2v) is 5.74. The van der Waals surface area contributed by atoms with Crippen molar-refractivity contribution in [2.24, 2.45) is 4.99 Å². The largest absolute Gasteiger partial charge is 0.493 e. The lowest BCUT2D eigenvalue weighted by atomic mass is 10.1. The van der Waals surface area contributed by atoms with Crippen molar-refractivity contribution in [2.75, 3.05) is 32.1 Å². The van der Waals surface area contributed by atoms with Crippen molar-refractivity contribution >= 4 is 11.6 Å². The fourth-order valence-electron chi connectivity index (χ4n) is 2.54. The molecule has 1 aromatic carbocycles. The number of anilines is 1. The molecule has 0 aliphatic rings. The summed E-state index contributed by atoms with van der Waals surface area (Å²) in [7, 11) is 1.64. The quantitative estimate of drug-likeness (QED) is 0.560. The molecule has 140 valence electrons. The number of guanidine groups is 1. The van der Waals surface area contributed by atoms with E-state index in [1.807, 2.05) is 50.5 Å². The number of ether oxygens (including phenoxy) is 2. The van der Waals surface area contributed by atoms with E-state index in [1.165, 1.54) is 11.1 Å². The number of hydrogen-bond donors (Lipinski definition) is 2. The molecule has 6 nitrogen and oxygen atoms in total. The van der Waals surface area contributed by atoms with Crippen LogP contribution in [-0.4, -0.2) is 37.7 Å². The fraction of sp³-hybridized carbons (Fsp3) is 0.400. The van der Waals surface area contributed by atoms with Crippen LogP contribution in [0.15, 0.2) is 41.7 Å². The Bertz CT molecular complexity index is 732. The van der Waals surface area contributed by atoms with Gasteiger partial charge in [0.1, 0.15) is 0 Å². The molecular formula is C20H28N4O2. The first-order valence-electron chi connectivity index (χ1n) is 8.93. The van der Waals surface area contributed by atoms with Crippen LogP contribution in [0.1, 0.15) is 25.0 Å². The van der Waals surface area contributed by atoms with E-state index < -0.39 is 0 Å². The molecule has 2 aromatic rings. The standard InChI is InChI=1S/C20H28N4O2/c1-5-22-20(23-12-10-16-9-11-21-14-15(16)3)24-17-7-8-18(25-4)19(13-17)26-6-2/h7-9,11,13-14H,5-6,10,12H2,1-4H3,(H2,22,23,24). The summed E-state index contributed by atoms with van der Waals surface area (Å²) < 4.78 is 11.0. The van der Waals surface area contributed by atoms with Crippen LogP contribution in [-0.2, 0) is 6.42 Å². The second-order valence-electron chi connectivity index (χ2n) is 5.74. The number of nitrogens with zero attached hydrogens (tertiary/aromatic N) is 2. The molecule has 0 atom stereocenters. The van der Waals surface area contributed by atoms with E-state index in [2.05, 4.69) is 27.5 Å². The van der Waals surface area contributed by atoms with Gasteiger partial charge in [-0.3, -0.25) is 9.98 Å². The molecule has 2 rings (SSSR count). The van der Waals surface area contributed by atoms with E-state index in [0.717, 1.165) is 24.6 Å². The summed E-state index contributed by atoms with van der Waals surface area (Å²) >= 11 is 0. The third-order valence-electron chi connectivity index (χ3n) is 3.86. The molecule has 0 aliphatic heterocycles. The minimum Gasteiger partial charge on any atom is -0.493 e. The smallest absolute Gasteiger partial charge is 0.195 e. The number of aryl methyl sites for hydroxylation is 1. The number of rotatable bonds is 8. The summed E-state index contributed by atoms with van der Waals surface area (Å²) in [6.07, 6.45) is 4.58. The Morgan fingerprint density at radius 1 is 1.19 bits per heavy atom. The summed E-state index contributed by atoms with van der Waals surface area (Å²) in [5.74, 6) is 2.17. The number of aliphatic imine (C=N–C) groups is 1. The predicted octanol–water partition coefficient (Wildman–Crippen LogP) is 3.42. The maximum absolute atomic E-state index is 5.63. The average molecular weight is 356 g/mol. The van der Waals surface area contributed by atoms with Crippen molar-refractivity contribution in [1.29, 1.82) is 0 Å². The van der Waals surface area contributed by atoms with Crippen LogP contribution < -0.4 is 20.1 Å². The van der Waals surface area contributed by atoms with Gasteiger partial charge in [-0.15, -0.1) is 0 Å². The highest BCUT2D eigenvalue weighted by atomic mass is 16.5. The fourth-order valence-corrected chi connectivity index (χ4v) is 2.54.